The van der Waals surface area contributed by atoms with Gasteiger partial charge in [-0.15, -0.1) is 0 Å². The van der Waals surface area contributed by atoms with Crippen LogP contribution >= 0.6 is 24.2 Å². The summed E-state index contributed by atoms with van der Waals surface area (Å²) in [6.45, 7) is 0. The van der Waals surface area contributed by atoms with E-state index in [1.807, 2.05) is 0 Å². The number of methoxy groups -OCH3 is 1. The number of ether oxygens (including phenoxy) is 1. The van der Waals surface area contributed by atoms with Crippen molar-refractivity contribution in [2.45, 2.75) is 5.75 Å². The van der Waals surface area contributed by atoms with Crippen molar-refractivity contribution in [1.29, 1.82) is 0 Å². The van der Waals surface area contributed by atoms with E-state index >= 15 is 0 Å². The highest BCUT2D eigenvalue weighted by Gasteiger charge is 2.10. The van der Waals surface area contributed by atoms with Gasteiger partial charge in [0.1, 0.15) is 16.6 Å². The van der Waals surface area contributed by atoms with Gasteiger partial charge in [0, 0.05) is 5.75 Å². The second-order valence-electron chi connectivity index (χ2n) is 2.21. The first-order chi connectivity index (χ1) is 5.70. The van der Waals surface area contributed by atoms with Gasteiger partial charge in [-0.3, -0.25) is 0 Å². The van der Waals surface area contributed by atoms with Crippen molar-refractivity contribution < 1.29 is 9.13 Å². The average Bonchev–Trinajstić information content (AvgIpc) is 2.10. The van der Waals surface area contributed by atoms with Crippen molar-refractivity contribution in [2.75, 3.05) is 7.11 Å². The number of hydrogen-bond donors (Lipinski definition) is 1. The molecule has 0 saturated heterocycles. The minimum absolute atomic E-state index is 0.0176. The lowest BCUT2D eigenvalue weighted by Gasteiger charge is -2.05. The number of rotatable bonds is 2. The first-order valence-electron chi connectivity index (χ1n) is 3.32. The van der Waals surface area contributed by atoms with E-state index in [-0.39, 0.29) is 5.02 Å². The van der Waals surface area contributed by atoms with E-state index in [2.05, 4.69) is 12.6 Å². The van der Waals surface area contributed by atoms with Crippen LogP contribution in [-0.2, 0) is 5.75 Å². The fourth-order valence-corrected chi connectivity index (χ4v) is 1.36. The Labute approximate surface area is 80.9 Å². The molecule has 1 aromatic carbocycles. The molecule has 12 heavy (non-hydrogen) atoms. The van der Waals surface area contributed by atoms with Gasteiger partial charge in [-0.25, -0.2) is 4.39 Å². The Balaban J connectivity index is 3.20. The topological polar surface area (TPSA) is 9.23 Å². The summed E-state index contributed by atoms with van der Waals surface area (Å²) in [4.78, 5) is 0. The molecule has 1 rings (SSSR count). The lowest BCUT2D eigenvalue weighted by atomic mass is 10.2. The molecule has 1 nitrogen and oxygen atoms in total. The molecular formula is C8H8ClFOS. The molecule has 0 radical (unpaired) electrons. The number of halogens is 2. The number of thiol groups is 1. The van der Waals surface area contributed by atoms with Crippen molar-refractivity contribution in [3.8, 4) is 5.75 Å². The molecule has 0 aromatic heterocycles. The lowest BCUT2D eigenvalue weighted by molar-refractivity contribution is 0.411. The highest BCUT2D eigenvalue weighted by Crippen LogP contribution is 2.29. The second-order valence-corrected chi connectivity index (χ2v) is 2.91. The third-order valence-electron chi connectivity index (χ3n) is 1.52. The van der Waals surface area contributed by atoms with Gasteiger partial charge in [0.15, 0.2) is 0 Å². The van der Waals surface area contributed by atoms with E-state index in [0.717, 1.165) is 0 Å². The van der Waals surface area contributed by atoms with Crippen LogP contribution in [0.1, 0.15) is 5.56 Å². The molecule has 0 aliphatic heterocycles. The lowest BCUT2D eigenvalue weighted by Crippen LogP contribution is -1.91. The van der Waals surface area contributed by atoms with Gasteiger partial charge in [0.05, 0.1) is 7.11 Å². The smallest absolute Gasteiger partial charge is 0.149 e. The molecule has 0 amide bonds. The molecule has 0 bridgehead atoms. The Morgan fingerprint density at radius 3 is 2.75 bits per heavy atom. The first kappa shape index (κ1) is 9.68. The van der Waals surface area contributed by atoms with Crippen molar-refractivity contribution in [1.82, 2.24) is 0 Å². The summed E-state index contributed by atoms with van der Waals surface area (Å²) >= 11 is 9.59. The summed E-state index contributed by atoms with van der Waals surface area (Å²) in [5, 5.41) is 0.0176. The third-order valence-corrected chi connectivity index (χ3v) is 2.21. The molecule has 0 fully saturated rings. The van der Waals surface area contributed by atoms with Gasteiger partial charge in [-0.1, -0.05) is 17.7 Å². The quantitative estimate of drug-likeness (QED) is 0.733. The molecule has 66 valence electrons. The van der Waals surface area contributed by atoms with E-state index in [0.29, 0.717) is 17.1 Å². The van der Waals surface area contributed by atoms with Crippen LogP contribution in [0.25, 0.3) is 0 Å². The van der Waals surface area contributed by atoms with Crippen molar-refractivity contribution in [3.05, 3.63) is 28.5 Å². The Morgan fingerprint density at radius 2 is 2.25 bits per heavy atom. The Kier molecular flexibility index (Phi) is 3.23. The highest BCUT2D eigenvalue weighted by molar-refractivity contribution is 7.79. The van der Waals surface area contributed by atoms with E-state index in [1.165, 1.54) is 7.11 Å². The Hall–Kier alpha value is -0.410. The van der Waals surface area contributed by atoms with Gasteiger partial charge < -0.3 is 4.74 Å². The first-order valence-corrected chi connectivity index (χ1v) is 4.33. The molecule has 0 aliphatic carbocycles. The maximum Gasteiger partial charge on any atom is 0.149 e. The molecular weight excluding hydrogens is 199 g/mol. The van der Waals surface area contributed by atoms with Crippen LogP contribution in [0.15, 0.2) is 12.1 Å². The minimum Gasteiger partial charge on any atom is -0.495 e. The van der Waals surface area contributed by atoms with Crippen LogP contribution in [0.5, 0.6) is 5.75 Å². The molecule has 1 aromatic rings. The summed E-state index contributed by atoms with van der Waals surface area (Å²) in [7, 11) is 1.45. The third kappa shape index (κ3) is 1.67. The van der Waals surface area contributed by atoms with Crippen molar-refractivity contribution in [2.24, 2.45) is 0 Å². The highest BCUT2D eigenvalue weighted by atomic mass is 35.5. The SMILES string of the molecule is COc1ccc(CS)c(F)c1Cl. The number of benzene rings is 1. The summed E-state index contributed by atoms with van der Waals surface area (Å²) in [5.74, 6) is 0.223. The summed E-state index contributed by atoms with van der Waals surface area (Å²) in [6.07, 6.45) is 0. The molecule has 0 atom stereocenters. The fraction of sp³-hybridized carbons (Fsp3) is 0.250. The average molecular weight is 207 g/mol. The molecule has 4 heteroatoms. The van der Waals surface area contributed by atoms with Gasteiger partial charge in [0.25, 0.3) is 0 Å². The normalized spacial score (nSPS) is 10.0. The van der Waals surface area contributed by atoms with E-state index in [4.69, 9.17) is 16.3 Å². The van der Waals surface area contributed by atoms with E-state index in [9.17, 15) is 4.39 Å². The molecule has 0 N–H and O–H groups in total. The fourth-order valence-electron chi connectivity index (χ4n) is 0.851. The Morgan fingerprint density at radius 1 is 1.58 bits per heavy atom. The summed E-state index contributed by atoms with van der Waals surface area (Å²) < 4.78 is 18.0. The predicted octanol–water partition coefficient (Wildman–Crippen LogP) is 2.92. The van der Waals surface area contributed by atoms with Crippen LogP contribution in [-0.4, -0.2) is 7.11 Å². The summed E-state index contributed by atoms with van der Waals surface area (Å²) in [6, 6.07) is 3.23. The Bertz CT molecular complexity index is 262. The maximum atomic E-state index is 13.2. The van der Waals surface area contributed by atoms with Gasteiger partial charge >= 0.3 is 0 Å². The molecule has 0 spiro atoms. The standard InChI is InChI=1S/C8H8ClFOS/c1-11-6-3-2-5(4-12)8(10)7(6)9/h2-3,12H,4H2,1H3. The van der Waals surface area contributed by atoms with E-state index in [1.54, 1.807) is 12.1 Å². The van der Waals surface area contributed by atoms with Crippen LogP contribution in [0.2, 0.25) is 5.02 Å². The van der Waals surface area contributed by atoms with Crippen LogP contribution in [0.4, 0.5) is 4.39 Å². The van der Waals surface area contributed by atoms with Gasteiger partial charge in [0.2, 0.25) is 0 Å². The van der Waals surface area contributed by atoms with Crippen LogP contribution in [0.3, 0.4) is 0 Å². The van der Waals surface area contributed by atoms with Crippen LogP contribution < -0.4 is 4.74 Å². The zero-order chi connectivity index (χ0) is 9.14. The second kappa shape index (κ2) is 4.01. The molecule has 0 heterocycles. The monoisotopic (exact) mass is 206 g/mol. The summed E-state index contributed by atoms with van der Waals surface area (Å²) in [5.41, 5.74) is 0.476. The largest absolute Gasteiger partial charge is 0.495 e. The number of hydrogen-bond acceptors (Lipinski definition) is 2. The maximum absolute atomic E-state index is 13.2. The van der Waals surface area contributed by atoms with Crippen molar-refractivity contribution in [3.63, 3.8) is 0 Å². The van der Waals surface area contributed by atoms with Gasteiger partial charge in [-0.05, 0) is 11.6 Å². The molecule has 0 saturated carbocycles. The zero-order valence-electron chi connectivity index (χ0n) is 6.47. The minimum atomic E-state index is -0.453. The van der Waals surface area contributed by atoms with E-state index < -0.39 is 5.82 Å². The predicted molar refractivity (Wildman–Crippen MR) is 50.7 cm³/mol. The zero-order valence-corrected chi connectivity index (χ0v) is 8.12. The van der Waals surface area contributed by atoms with Crippen LogP contribution in [0, 0.1) is 5.82 Å². The molecule has 0 aliphatic rings. The van der Waals surface area contributed by atoms with Gasteiger partial charge in [-0.2, -0.15) is 12.6 Å². The molecule has 0 unspecified atom stereocenters. The van der Waals surface area contributed by atoms with Crippen molar-refractivity contribution >= 4 is 24.2 Å².